The lowest BCUT2D eigenvalue weighted by Crippen LogP contribution is -2.33. The number of aryl methyl sites for hydroxylation is 1. The van der Waals surface area contributed by atoms with Gasteiger partial charge in [0.1, 0.15) is 0 Å². The Labute approximate surface area is 162 Å². The minimum atomic E-state index is -3.49. The Kier molecular flexibility index (Phi) is 6.31. The van der Waals surface area contributed by atoms with Gasteiger partial charge in [-0.25, -0.2) is 8.42 Å². The highest BCUT2D eigenvalue weighted by atomic mass is 32.2. The van der Waals surface area contributed by atoms with Gasteiger partial charge in [-0.05, 0) is 41.7 Å². The molecule has 0 spiro atoms. The number of hydrogen-bond donors (Lipinski definition) is 1. The van der Waals surface area contributed by atoms with Crippen molar-refractivity contribution < 1.29 is 13.2 Å². The lowest BCUT2D eigenvalue weighted by molar-refractivity contribution is -0.116. The molecule has 0 aliphatic carbocycles. The van der Waals surface area contributed by atoms with Crippen LogP contribution in [0, 0.1) is 6.92 Å². The fourth-order valence-electron chi connectivity index (χ4n) is 2.74. The van der Waals surface area contributed by atoms with Gasteiger partial charge in [0.15, 0.2) is 0 Å². The molecule has 6 heteroatoms. The van der Waals surface area contributed by atoms with Crippen molar-refractivity contribution in [1.29, 1.82) is 0 Å². The number of amides is 1. The summed E-state index contributed by atoms with van der Waals surface area (Å²) in [7, 11) is -3.49. The third-order valence-electron chi connectivity index (χ3n) is 4.38. The summed E-state index contributed by atoms with van der Waals surface area (Å²) < 4.78 is 25.7. The summed E-state index contributed by atoms with van der Waals surface area (Å²) in [4.78, 5) is 12.3. The first kappa shape index (κ1) is 21.0. The molecule has 0 aliphatic heterocycles. The maximum atomic E-state index is 12.3. The molecule has 1 N–H and O–H groups in total. The van der Waals surface area contributed by atoms with Crippen LogP contribution >= 0.6 is 0 Å². The molecule has 146 valence electrons. The summed E-state index contributed by atoms with van der Waals surface area (Å²) in [6.45, 7) is 8.31. The Bertz CT molecular complexity index is 898. The van der Waals surface area contributed by atoms with Crippen molar-refractivity contribution in [2.24, 2.45) is 0 Å². The van der Waals surface area contributed by atoms with E-state index in [9.17, 15) is 13.2 Å². The van der Waals surface area contributed by atoms with Crippen molar-refractivity contribution in [1.82, 2.24) is 0 Å². The summed E-state index contributed by atoms with van der Waals surface area (Å²) in [6, 6.07) is 14.9. The number of carbonyl (C=O) groups is 1. The third kappa shape index (κ3) is 5.82. The summed E-state index contributed by atoms with van der Waals surface area (Å²) >= 11 is 0. The second kappa shape index (κ2) is 8.13. The van der Waals surface area contributed by atoms with Crippen molar-refractivity contribution in [3.63, 3.8) is 0 Å². The van der Waals surface area contributed by atoms with Crippen LogP contribution in [0.25, 0.3) is 0 Å². The van der Waals surface area contributed by atoms with Gasteiger partial charge in [0.05, 0.1) is 11.9 Å². The smallest absolute Gasteiger partial charge is 0.232 e. The first-order valence-corrected chi connectivity index (χ1v) is 10.8. The molecule has 0 unspecified atom stereocenters. The number of hydrogen-bond acceptors (Lipinski definition) is 3. The van der Waals surface area contributed by atoms with Gasteiger partial charge in [0.25, 0.3) is 0 Å². The molecule has 0 saturated carbocycles. The van der Waals surface area contributed by atoms with E-state index < -0.39 is 10.0 Å². The highest BCUT2D eigenvalue weighted by molar-refractivity contribution is 7.92. The van der Waals surface area contributed by atoms with Gasteiger partial charge in [0.2, 0.25) is 15.9 Å². The molecule has 27 heavy (non-hydrogen) atoms. The van der Waals surface area contributed by atoms with Gasteiger partial charge < -0.3 is 5.32 Å². The number of nitrogens with zero attached hydrogens (tertiary/aromatic N) is 1. The lowest BCUT2D eigenvalue weighted by atomic mass is 9.87. The van der Waals surface area contributed by atoms with Crippen molar-refractivity contribution in [2.75, 3.05) is 22.4 Å². The van der Waals surface area contributed by atoms with E-state index in [1.54, 1.807) is 12.1 Å². The van der Waals surface area contributed by atoms with E-state index in [0.717, 1.165) is 23.1 Å². The quantitative estimate of drug-likeness (QED) is 0.811. The van der Waals surface area contributed by atoms with Crippen LogP contribution in [-0.4, -0.2) is 27.1 Å². The summed E-state index contributed by atoms with van der Waals surface area (Å²) in [6.07, 6.45) is 1.23. The predicted molar refractivity (Wildman–Crippen MR) is 112 cm³/mol. The molecular weight excluding hydrogens is 360 g/mol. The molecule has 0 saturated heterocycles. The molecule has 0 aliphatic rings. The molecule has 0 atom stereocenters. The Balaban J connectivity index is 2.12. The highest BCUT2D eigenvalue weighted by Gasteiger charge is 2.20. The highest BCUT2D eigenvalue weighted by Crippen LogP contribution is 2.26. The van der Waals surface area contributed by atoms with Gasteiger partial charge in [-0.15, -0.1) is 0 Å². The van der Waals surface area contributed by atoms with E-state index >= 15 is 0 Å². The largest absolute Gasteiger partial charge is 0.326 e. The van der Waals surface area contributed by atoms with Crippen LogP contribution < -0.4 is 9.62 Å². The summed E-state index contributed by atoms with van der Waals surface area (Å²) in [5.41, 5.74) is 3.37. The zero-order valence-corrected chi connectivity index (χ0v) is 17.4. The van der Waals surface area contributed by atoms with Crippen LogP contribution in [0.15, 0.2) is 48.5 Å². The van der Waals surface area contributed by atoms with E-state index in [1.807, 2.05) is 43.3 Å². The normalized spacial score (nSPS) is 11.9. The average molecular weight is 389 g/mol. The zero-order valence-electron chi connectivity index (χ0n) is 16.6. The molecule has 0 radical (unpaired) electrons. The molecule has 2 aromatic carbocycles. The van der Waals surface area contributed by atoms with Crippen molar-refractivity contribution in [2.45, 2.75) is 39.5 Å². The second-order valence-corrected chi connectivity index (χ2v) is 9.65. The number of rotatable bonds is 6. The molecule has 0 bridgehead atoms. The first-order chi connectivity index (χ1) is 12.5. The molecule has 2 aromatic rings. The van der Waals surface area contributed by atoms with E-state index in [4.69, 9.17) is 0 Å². The van der Waals surface area contributed by atoms with Crippen LogP contribution in [0.5, 0.6) is 0 Å². The van der Waals surface area contributed by atoms with Crippen LogP contribution in [-0.2, 0) is 20.2 Å². The summed E-state index contributed by atoms with van der Waals surface area (Å²) in [5.74, 6) is -0.218. The molecule has 0 aromatic heterocycles. The average Bonchev–Trinajstić information content (AvgIpc) is 2.55. The monoisotopic (exact) mass is 388 g/mol. The number of carbonyl (C=O) groups excluding carboxylic acids is 1. The molecule has 0 heterocycles. The standard InChI is InChI=1S/C21H28N2O3S/c1-16-8-6-7-9-19(16)22-20(24)14-15-23(27(5,25)26)18-12-10-17(11-13-18)21(2,3)4/h6-13H,14-15H2,1-5H3,(H,22,24). The maximum Gasteiger partial charge on any atom is 0.232 e. The lowest BCUT2D eigenvalue weighted by Gasteiger charge is -2.24. The minimum Gasteiger partial charge on any atom is -0.326 e. The Morgan fingerprint density at radius 2 is 1.63 bits per heavy atom. The van der Waals surface area contributed by atoms with E-state index in [1.165, 1.54) is 4.31 Å². The number of nitrogens with one attached hydrogen (secondary N) is 1. The summed E-state index contributed by atoms with van der Waals surface area (Å²) in [5, 5.41) is 2.84. The van der Waals surface area contributed by atoms with Crippen molar-refractivity contribution in [3.05, 3.63) is 59.7 Å². The third-order valence-corrected chi connectivity index (χ3v) is 5.58. The Hall–Kier alpha value is -2.34. The number of para-hydroxylation sites is 1. The molecular formula is C21H28N2O3S. The van der Waals surface area contributed by atoms with Crippen molar-refractivity contribution >= 4 is 27.3 Å². The van der Waals surface area contributed by atoms with Crippen LogP contribution in [0.4, 0.5) is 11.4 Å². The maximum absolute atomic E-state index is 12.3. The minimum absolute atomic E-state index is 0.0120. The fourth-order valence-corrected chi connectivity index (χ4v) is 3.67. The molecule has 5 nitrogen and oxygen atoms in total. The molecule has 2 rings (SSSR count). The van der Waals surface area contributed by atoms with Crippen LogP contribution in [0.2, 0.25) is 0 Å². The number of benzene rings is 2. The first-order valence-electron chi connectivity index (χ1n) is 8.92. The second-order valence-electron chi connectivity index (χ2n) is 7.75. The van der Waals surface area contributed by atoms with Gasteiger partial charge in [-0.2, -0.15) is 0 Å². The number of sulfonamides is 1. The van der Waals surface area contributed by atoms with Gasteiger partial charge in [-0.3, -0.25) is 9.10 Å². The van der Waals surface area contributed by atoms with Crippen LogP contribution in [0.3, 0.4) is 0 Å². The van der Waals surface area contributed by atoms with E-state index in [0.29, 0.717) is 5.69 Å². The molecule has 0 fully saturated rings. The van der Waals surface area contributed by atoms with E-state index in [2.05, 4.69) is 26.1 Å². The van der Waals surface area contributed by atoms with Crippen molar-refractivity contribution in [3.8, 4) is 0 Å². The Morgan fingerprint density at radius 3 is 2.15 bits per heavy atom. The molecule has 1 amide bonds. The SMILES string of the molecule is Cc1ccccc1NC(=O)CCN(c1ccc(C(C)(C)C)cc1)S(C)(=O)=O. The topological polar surface area (TPSA) is 66.5 Å². The predicted octanol–water partition coefficient (Wildman–Crippen LogP) is 4.09. The van der Waals surface area contributed by atoms with E-state index in [-0.39, 0.29) is 24.3 Å². The number of anilines is 2. The van der Waals surface area contributed by atoms with Gasteiger partial charge in [-0.1, -0.05) is 51.1 Å². The fraction of sp³-hybridized carbons (Fsp3) is 0.381. The van der Waals surface area contributed by atoms with Crippen LogP contribution in [0.1, 0.15) is 38.3 Å². The zero-order chi connectivity index (χ0) is 20.2. The van der Waals surface area contributed by atoms with Gasteiger partial charge >= 0.3 is 0 Å². The Morgan fingerprint density at radius 1 is 1.04 bits per heavy atom. The van der Waals surface area contributed by atoms with Gasteiger partial charge in [0, 0.05) is 18.7 Å².